The van der Waals surface area contributed by atoms with Crippen molar-refractivity contribution in [1.29, 1.82) is 0 Å². The van der Waals surface area contributed by atoms with Crippen LogP contribution in [0.1, 0.15) is 50.5 Å². The van der Waals surface area contributed by atoms with Gasteiger partial charge in [-0.15, -0.1) is 0 Å². The Morgan fingerprint density at radius 3 is 1.97 bits per heavy atom. The maximum Gasteiger partial charge on any atom is 0.261 e. The standard InChI is InChI=1S/C26H30O2Si/c1-20-16-17-22(21(2)27)18-23(20)19-28-29(26(3,4)5,24-12-8-6-9-13-24)25-14-10-7-11-15-25/h6-18H,19H2,1-5H3/i2D. The van der Waals surface area contributed by atoms with E-state index in [1.165, 1.54) is 10.4 Å². The third-order valence-corrected chi connectivity index (χ3v) is 10.5. The summed E-state index contributed by atoms with van der Waals surface area (Å²) in [6.07, 6.45) is 0. The van der Waals surface area contributed by atoms with Crippen LogP contribution in [0, 0.1) is 6.92 Å². The quantitative estimate of drug-likeness (QED) is 0.414. The van der Waals surface area contributed by atoms with E-state index in [2.05, 4.69) is 69.3 Å². The summed E-state index contributed by atoms with van der Waals surface area (Å²) in [6.45, 7) is 9.00. The van der Waals surface area contributed by atoms with Crippen LogP contribution in [0.3, 0.4) is 0 Å². The summed E-state index contributed by atoms with van der Waals surface area (Å²) >= 11 is 0. The summed E-state index contributed by atoms with van der Waals surface area (Å²) in [5, 5.41) is 2.37. The number of carbonyl (C=O) groups excluding carboxylic acids is 1. The minimum Gasteiger partial charge on any atom is -0.403 e. The molecule has 0 spiro atoms. The number of hydrogen-bond donors (Lipinski definition) is 0. The fraction of sp³-hybridized carbons (Fsp3) is 0.269. The normalized spacial score (nSPS) is 12.5. The van der Waals surface area contributed by atoms with Crippen LogP contribution in [0.4, 0.5) is 0 Å². The molecule has 2 nitrogen and oxygen atoms in total. The smallest absolute Gasteiger partial charge is 0.261 e. The van der Waals surface area contributed by atoms with E-state index in [-0.39, 0.29) is 17.7 Å². The summed E-state index contributed by atoms with van der Waals surface area (Å²) < 4.78 is 14.4. The molecule has 0 saturated heterocycles. The van der Waals surface area contributed by atoms with Crippen molar-refractivity contribution >= 4 is 24.5 Å². The molecule has 0 heterocycles. The van der Waals surface area contributed by atoms with E-state index in [1.807, 2.05) is 31.2 Å². The second kappa shape index (κ2) is 8.48. The zero-order valence-electron chi connectivity index (χ0n) is 18.7. The maximum atomic E-state index is 12.1. The van der Waals surface area contributed by atoms with Gasteiger partial charge in [0.15, 0.2) is 5.78 Å². The molecule has 0 radical (unpaired) electrons. The van der Waals surface area contributed by atoms with E-state index in [4.69, 9.17) is 5.80 Å². The van der Waals surface area contributed by atoms with Crippen molar-refractivity contribution in [3.05, 3.63) is 95.6 Å². The molecule has 0 atom stereocenters. The lowest BCUT2D eigenvalue weighted by Crippen LogP contribution is -2.66. The van der Waals surface area contributed by atoms with Crippen molar-refractivity contribution in [2.75, 3.05) is 0 Å². The fourth-order valence-corrected chi connectivity index (χ4v) is 8.48. The van der Waals surface area contributed by atoms with Crippen molar-refractivity contribution in [1.82, 2.24) is 0 Å². The second-order valence-electron chi connectivity index (χ2n) is 8.52. The van der Waals surface area contributed by atoms with Crippen molar-refractivity contribution in [2.45, 2.75) is 46.2 Å². The Morgan fingerprint density at radius 2 is 1.48 bits per heavy atom. The van der Waals surface area contributed by atoms with Gasteiger partial charge in [-0.25, -0.2) is 0 Å². The molecule has 150 valence electrons. The Balaban J connectivity index is 2.10. The molecule has 0 aliphatic rings. The molecule has 3 heteroatoms. The molecule has 3 aromatic rings. The molecular formula is C26H30O2Si. The number of Topliss-reactive ketones (excluding diaryl/α,β-unsaturated/α-hetero) is 1. The summed E-state index contributed by atoms with van der Waals surface area (Å²) in [4.78, 5) is 12.1. The third-order valence-electron chi connectivity index (χ3n) is 5.53. The molecule has 0 saturated carbocycles. The predicted molar refractivity (Wildman–Crippen MR) is 124 cm³/mol. The number of benzene rings is 3. The highest BCUT2D eigenvalue weighted by Crippen LogP contribution is 2.37. The van der Waals surface area contributed by atoms with Crippen molar-refractivity contribution < 1.29 is 10.6 Å². The molecule has 0 aromatic heterocycles. The monoisotopic (exact) mass is 403 g/mol. The van der Waals surface area contributed by atoms with Crippen LogP contribution in [-0.2, 0) is 11.0 Å². The molecule has 0 unspecified atom stereocenters. The van der Waals surface area contributed by atoms with Crippen LogP contribution < -0.4 is 10.4 Å². The Morgan fingerprint density at radius 1 is 0.931 bits per heavy atom. The van der Waals surface area contributed by atoms with Crippen molar-refractivity contribution in [2.24, 2.45) is 0 Å². The topological polar surface area (TPSA) is 26.3 Å². The molecule has 0 aliphatic heterocycles. The van der Waals surface area contributed by atoms with Gasteiger partial charge in [-0.1, -0.05) is 93.6 Å². The van der Waals surface area contributed by atoms with Gasteiger partial charge in [0, 0.05) is 6.93 Å². The highest BCUT2D eigenvalue weighted by Gasteiger charge is 2.50. The minimum atomic E-state index is -2.63. The van der Waals surface area contributed by atoms with E-state index in [0.29, 0.717) is 12.2 Å². The number of rotatable bonds is 6. The lowest BCUT2D eigenvalue weighted by molar-refractivity contribution is 0.101. The van der Waals surface area contributed by atoms with Gasteiger partial charge in [-0.05, 0) is 46.4 Å². The molecule has 0 fully saturated rings. The molecular weight excluding hydrogens is 372 g/mol. The summed E-state index contributed by atoms with van der Waals surface area (Å²) in [6, 6.07) is 26.7. The van der Waals surface area contributed by atoms with Crippen LogP contribution >= 0.6 is 0 Å². The van der Waals surface area contributed by atoms with Gasteiger partial charge < -0.3 is 4.43 Å². The average Bonchev–Trinajstić information content (AvgIpc) is 2.75. The largest absolute Gasteiger partial charge is 0.403 e. The molecule has 0 amide bonds. The first kappa shape index (κ1) is 19.8. The van der Waals surface area contributed by atoms with Crippen LogP contribution in [0.25, 0.3) is 0 Å². The zero-order chi connectivity index (χ0) is 21.8. The highest BCUT2D eigenvalue weighted by atomic mass is 28.4. The molecule has 3 rings (SSSR count). The molecule has 0 bridgehead atoms. The molecule has 29 heavy (non-hydrogen) atoms. The van der Waals surface area contributed by atoms with E-state index >= 15 is 0 Å². The Labute approximate surface area is 177 Å². The fourth-order valence-electron chi connectivity index (χ4n) is 3.95. The highest BCUT2D eigenvalue weighted by molar-refractivity contribution is 6.99. The van der Waals surface area contributed by atoms with Gasteiger partial charge in [0.05, 0.1) is 6.61 Å². The van der Waals surface area contributed by atoms with Crippen LogP contribution in [0.5, 0.6) is 0 Å². The average molecular weight is 404 g/mol. The Kier molecular flexibility index (Phi) is 5.79. The number of ketones is 1. The lowest BCUT2D eigenvalue weighted by Gasteiger charge is -2.43. The van der Waals surface area contributed by atoms with Crippen molar-refractivity contribution in [3.8, 4) is 0 Å². The number of hydrogen-bond acceptors (Lipinski definition) is 2. The van der Waals surface area contributed by atoms with Gasteiger partial charge in [0.2, 0.25) is 0 Å². The van der Waals surface area contributed by atoms with Crippen LogP contribution in [0.2, 0.25) is 5.04 Å². The van der Waals surface area contributed by atoms with Crippen LogP contribution in [0.15, 0.2) is 78.9 Å². The number of aryl methyl sites for hydroxylation is 1. The molecule has 3 aromatic carbocycles. The van der Waals surface area contributed by atoms with E-state index in [9.17, 15) is 4.79 Å². The van der Waals surface area contributed by atoms with Crippen LogP contribution in [-0.4, -0.2) is 14.1 Å². The van der Waals surface area contributed by atoms with Gasteiger partial charge >= 0.3 is 0 Å². The molecule has 0 aliphatic carbocycles. The van der Waals surface area contributed by atoms with Gasteiger partial charge in [0.1, 0.15) is 0 Å². The van der Waals surface area contributed by atoms with E-state index in [1.54, 1.807) is 6.07 Å². The first-order chi connectivity index (χ1) is 14.3. The first-order valence-electron chi connectivity index (χ1n) is 10.7. The Bertz CT molecular complexity index is 955. The third kappa shape index (κ3) is 4.26. The van der Waals surface area contributed by atoms with Gasteiger partial charge in [-0.2, -0.15) is 0 Å². The van der Waals surface area contributed by atoms with E-state index < -0.39 is 8.32 Å². The molecule has 0 N–H and O–H groups in total. The van der Waals surface area contributed by atoms with E-state index in [0.717, 1.165) is 11.1 Å². The predicted octanol–water partition coefficient (Wildman–Crippen LogP) is 5.27. The minimum absolute atomic E-state index is 0.0990. The maximum absolute atomic E-state index is 12.1. The number of carbonyl (C=O) groups is 1. The second-order valence-corrected chi connectivity index (χ2v) is 12.8. The lowest BCUT2D eigenvalue weighted by atomic mass is 10.0. The SMILES string of the molecule is [2H]CC(=O)c1ccc(C)c(CO[Si](c2ccccc2)(c2ccccc2)C(C)(C)C)c1. The van der Waals surface area contributed by atoms with Gasteiger partial charge in [-0.3, -0.25) is 4.79 Å². The summed E-state index contributed by atoms with van der Waals surface area (Å²) in [5.41, 5.74) is 2.67. The van der Waals surface area contributed by atoms with Gasteiger partial charge in [0.25, 0.3) is 8.32 Å². The zero-order valence-corrected chi connectivity index (χ0v) is 18.7. The summed E-state index contributed by atoms with van der Waals surface area (Å²) in [7, 11) is -2.63. The van der Waals surface area contributed by atoms with Crippen molar-refractivity contribution in [3.63, 3.8) is 0 Å². The summed E-state index contributed by atoms with van der Waals surface area (Å²) in [5.74, 6) is -0.165. The Hall–Kier alpha value is -2.49. The first-order valence-corrected chi connectivity index (χ1v) is 11.9.